The summed E-state index contributed by atoms with van der Waals surface area (Å²) in [6, 6.07) is 0. The molecule has 0 aliphatic rings. The van der Waals surface area contributed by atoms with Crippen LogP contribution in [0.1, 0.15) is 79.1 Å². The summed E-state index contributed by atoms with van der Waals surface area (Å²) in [7, 11) is 0. The van der Waals surface area contributed by atoms with Crippen LogP contribution < -0.4 is 5.73 Å². The number of esters is 1. The lowest BCUT2D eigenvalue weighted by Crippen LogP contribution is -2.24. The van der Waals surface area contributed by atoms with Crippen LogP contribution in [0.3, 0.4) is 0 Å². The third-order valence-electron chi connectivity index (χ3n) is 3.95. The standard InChI is InChI=1S/C17H35NO2/c1-5-6-7-8-9-14-20-16(19)11-10-15(12-13-18)17(2,3)4/h15H,5-14,18H2,1-4H3. The fourth-order valence-corrected chi connectivity index (χ4v) is 2.47. The van der Waals surface area contributed by atoms with E-state index in [-0.39, 0.29) is 11.4 Å². The van der Waals surface area contributed by atoms with Crippen molar-refractivity contribution < 1.29 is 9.53 Å². The topological polar surface area (TPSA) is 52.3 Å². The van der Waals surface area contributed by atoms with Gasteiger partial charge in [0.1, 0.15) is 0 Å². The van der Waals surface area contributed by atoms with Crippen molar-refractivity contribution >= 4 is 5.97 Å². The fourth-order valence-electron chi connectivity index (χ4n) is 2.47. The van der Waals surface area contributed by atoms with Gasteiger partial charge in [-0.2, -0.15) is 0 Å². The van der Waals surface area contributed by atoms with E-state index in [0.29, 0.717) is 25.5 Å². The van der Waals surface area contributed by atoms with Crippen LogP contribution in [0.15, 0.2) is 0 Å². The van der Waals surface area contributed by atoms with Crippen LogP contribution in [0.2, 0.25) is 0 Å². The van der Waals surface area contributed by atoms with Gasteiger partial charge in [-0.15, -0.1) is 0 Å². The molecule has 1 unspecified atom stereocenters. The minimum absolute atomic E-state index is 0.0493. The zero-order valence-electron chi connectivity index (χ0n) is 14.0. The number of hydrogen-bond acceptors (Lipinski definition) is 3. The van der Waals surface area contributed by atoms with Crippen LogP contribution in [-0.2, 0) is 9.53 Å². The molecule has 0 aliphatic heterocycles. The number of unbranched alkanes of at least 4 members (excludes halogenated alkanes) is 4. The lowest BCUT2D eigenvalue weighted by molar-refractivity contribution is -0.144. The molecular formula is C17H35NO2. The molecule has 1 atom stereocenters. The van der Waals surface area contributed by atoms with Crippen LogP contribution in [-0.4, -0.2) is 19.1 Å². The molecule has 0 aromatic rings. The molecule has 0 saturated carbocycles. The van der Waals surface area contributed by atoms with Gasteiger partial charge in [0.2, 0.25) is 0 Å². The highest BCUT2D eigenvalue weighted by Crippen LogP contribution is 2.32. The average molecular weight is 285 g/mol. The number of carbonyl (C=O) groups excluding carboxylic acids is 1. The highest BCUT2D eigenvalue weighted by molar-refractivity contribution is 5.69. The van der Waals surface area contributed by atoms with Crippen LogP contribution in [0.4, 0.5) is 0 Å². The maximum atomic E-state index is 11.7. The summed E-state index contributed by atoms with van der Waals surface area (Å²) in [5, 5.41) is 0. The Labute approximate surface area is 125 Å². The first-order chi connectivity index (χ1) is 9.41. The number of nitrogens with two attached hydrogens (primary N) is 1. The molecule has 0 amide bonds. The zero-order valence-corrected chi connectivity index (χ0v) is 14.0. The van der Waals surface area contributed by atoms with Crippen LogP contribution in [0.25, 0.3) is 0 Å². The van der Waals surface area contributed by atoms with Gasteiger partial charge >= 0.3 is 5.97 Å². The minimum atomic E-state index is -0.0493. The van der Waals surface area contributed by atoms with Crippen molar-refractivity contribution in [2.45, 2.75) is 79.1 Å². The second kappa shape index (κ2) is 11.1. The maximum absolute atomic E-state index is 11.7. The van der Waals surface area contributed by atoms with Crippen molar-refractivity contribution in [3.63, 3.8) is 0 Å². The summed E-state index contributed by atoms with van der Waals surface area (Å²) in [4.78, 5) is 11.7. The SMILES string of the molecule is CCCCCCCOC(=O)CCC(CCN)C(C)(C)C. The molecule has 120 valence electrons. The van der Waals surface area contributed by atoms with E-state index in [4.69, 9.17) is 10.5 Å². The van der Waals surface area contributed by atoms with Crippen molar-refractivity contribution in [1.82, 2.24) is 0 Å². The Bertz CT molecular complexity index is 246. The van der Waals surface area contributed by atoms with E-state index >= 15 is 0 Å². The largest absolute Gasteiger partial charge is 0.466 e. The summed E-state index contributed by atoms with van der Waals surface area (Å²) < 4.78 is 5.29. The first-order valence-corrected chi connectivity index (χ1v) is 8.27. The molecule has 2 N–H and O–H groups in total. The van der Waals surface area contributed by atoms with Crippen LogP contribution in [0, 0.1) is 11.3 Å². The second-order valence-corrected chi connectivity index (χ2v) is 6.81. The van der Waals surface area contributed by atoms with Crippen LogP contribution in [0.5, 0.6) is 0 Å². The van der Waals surface area contributed by atoms with Gasteiger partial charge in [0.05, 0.1) is 6.61 Å². The summed E-state index contributed by atoms with van der Waals surface area (Å²) in [5.41, 5.74) is 5.86. The van der Waals surface area contributed by atoms with Crippen molar-refractivity contribution in [2.24, 2.45) is 17.1 Å². The van der Waals surface area contributed by atoms with Gasteiger partial charge < -0.3 is 10.5 Å². The highest BCUT2D eigenvalue weighted by atomic mass is 16.5. The van der Waals surface area contributed by atoms with Gasteiger partial charge in [0.15, 0.2) is 0 Å². The summed E-state index contributed by atoms with van der Waals surface area (Å²) >= 11 is 0. The van der Waals surface area contributed by atoms with E-state index in [1.807, 2.05) is 0 Å². The van der Waals surface area contributed by atoms with E-state index in [0.717, 1.165) is 19.3 Å². The lowest BCUT2D eigenvalue weighted by atomic mass is 9.76. The van der Waals surface area contributed by atoms with E-state index in [2.05, 4.69) is 27.7 Å². The Hall–Kier alpha value is -0.570. The average Bonchev–Trinajstić information content (AvgIpc) is 2.37. The first kappa shape index (κ1) is 19.4. The van der Waals surface area contributed by atoms with E-state index < -0.39 is 0 Å². The Morgan fingerprint density at radius 1 is 1.10 bits per heavy atom. The predicted molar refractivity (Wildman–Crippen MR) is 85.6 cm³/mol. The third-order valence-corrected chi connectivity index (χ3v) is 3.95. The molecule has 3 heteroatoms. The van der Waals surface area contributed by atoms with Crippen molar-refractivity contribution in [3.05, 3.63) is 0 Å². The molecule has 0 aliphatic carbocycles. The molecular weight excluding hydrogens is 250 g/mol. The Balaban J connectivity index is 3.74. The molecule has 0 aromatic carbocycles. The Kier molecular flexibility index (Phi) is 10.8. The number of ether oxygens (including phenoxy) is 1. The molecule has 0 heterocycles. The van der Waals surface area contributed by atoms with Crippen molar-refractivity contribution in [2.75, 3.05) is 13.2 Å². The van der Waals surface area contributed by atoms with Crippen molar-refractivity contribution in [1.29, 1.82) is 0 Å². The molecule has 3 nitrogen and oxygen atoms in total. The Morgan fingerprint density at radius 2 is 1.75 bits per heavy atom. The third kappa shape index (κ3) is 10.2. The van der Waals surface area contributed by atoms with Gasteiger partial charge in [-0.05, 0) is 37.1 Å². The molecule has 0 fully saturated rings. The molecule has 0 saturated heterocycles. The molecule has 20 heavy (non-hydrogen) atoms. The van der Waals surface area contributed by atoms with E-state index in [1.54, 1.807) is 0 Å². The monoisotopic (exact) mass is 285 g/mol. The number of carbonyl (C=O) groups is 1. The summed E-state index contributed by atoms with van der Waals surface area (Å²) in [5.74, 6) is 0.441. The lowest BCUT2D eigenvalue weighted by Gasteiger charge is -2.30. The van der Waals surface area contributed by atoms with E-state index in [9.17, 15) is 4.79 Å². The summed E-state index contributed by atoms with van der Waals surface area (Å²) in [6.07, 6.45) is 8.32. The van der Waals surface area contributed by atoms with Gasteiger partial charge in [-0.3, -0.25) is 4.79 Å². The first-order valence-electron chi connectivity index (χ1n) is 8.27. The fraction of sp³-hybridized carbons (Fsp3) is 0.941. The molecule has 0 spiro atoms. The van der Waals surface area contributed by atoms with Crippen molar-refractivity contribution in [3.8, 4) is 0 Å². The van der Waals surface area contributed by atoms with Gasteiger partial charge in [0.25, 0.3) is 0 Å². The zero-order chi connectivity index (χ0) is 15.4. The normalized spacial score (nSPS) is 13.2. The molecule has 0 aromatic heterocycles. The van der Waals surface area contributed by atoms with Gasteiger partial charge in [-0.1, -0.05) is 53.4 Å². The number of rotatable bonds is 11. The Morgan fingerprint density at radius 3 is 2.30 bits per heavy atom. The van der Waals surface area contributed by atoms with Gasteiger partial charge in [0, 0.05) is 6.42 Å². The summed E-state index contributed by atoms with van der Waals surface area (Å²) in [6.45, 7) is 10.1. The molecule has 0 radical (unpaired) electrons. The molecule has 0 rings (SSSR count). The highest BCUT2D eigenvalue weighted by Gasteiger charge is 2.24. The number of hydrogen-bond donors (Lipinski definition) is 1. The quantitative estimate of drug-likeness (QED) is 0.455. The minimum Gasteiger partial charge on any atom is -0.466 e. The van der Waals surface area contributed by atoms with Gasteiger partial charge in [-0.25, -0.2) is 0 Å². The predicted octanol–water partition coefficient (Wildman–Crippen LogP) is 4.29. The molecule has 0 bridgehead atoms. The smallest absolute Gasteiger partial charge is 0.305 e. The second-order valence-electron chi connectivity index (χ2n) is 6.81. The van der Waals surface area contributed by atoms with Crippen LogP contribution >= 0.6 is 0 Å². The van der Waals surface area contributed by atoms with E-state index in [1.165, 1.54) is 25.7 Å². The maximum Gasteiger partial charge on any atom is 0.305 e.